The molecule has 0 atom stereocenters. The van der Waals surface area contributed by atoms with Crippen LogP contribution in [-0.4, -0.2) is 43.7 Å². The average molecular weight is 235 g/mol. The minimum absolute atomic E-state index is 0.0754. The van der Waals surface area contributed by atoms with E-state index in [2.05, 4.69) is 15.2 Å². The van der Waals surface area contributed by atoms with E-state index >= 15 is 0 Å². The molecule has 0 spiro atoms. The highest BCUT2D eigenvalue weighted by molar-refractivity contribution is 5.93. The summed E-state index contributed by atoms with van der Waals surface area (Å²) in [6.45, 7) is 5.71. The lowest BCUT2D eigenvalue weighted by molar-refractivity contribution is 0.0955. The van der Waals surface area contributed by atoms with Crippen molar-refractivity contribution in [2.75, 3.05) is 37.7 Å². The van der Waals surface area contributed by atoms with E-state index < -0.39 is 0 Å². The summed E-state index contributed by atoms with van der Waals surface area (Å²) >= 11 is 0. The van der Waals surface area contributed by atoms with Crippen molar-refractivity contribution in [3.8, 4) is 0 Å². The third-order valence-corrected chi connectivity index (χ3v) is 2.68. The van der Waals surface area contributed by atoms with Crippen molar-refractivity contribution in [2.45, 2.75) is 6.92 Å². The van der Waals surface area contributed by atoms with E-state index in [1.54, 1.807) is 6.20 Å². The van der Waals surface area contributed by atoms with Crippen molar-refractivity contribution in [3.63, 3.8) is 0 Å². The van der Waals surface area contributed by atoms with Crippen LogP contribution in [0.25, 0.3) is 0 Å². The van der Waals surface area contributed by atoms with Gasteiger partial charge in [0.15, 0.2) is 0 Å². The van der Waals surface area contributed by atoms with Gasteiger partial charge in [-0.25, -0.2) is 4.98 Å². The van der Waals surface area contributed by atoms with Gasteiger partial charge in [-0.05, 0) is 19.1 Å². The Bertz CT molecular complexity index is 372. The predicted octanol–water partition coefficient (Wildman–Crippen LogP) is 0.668. The first-order valence-corrected chi connectivity index (χ1v) is 5.88. The SMILES string of the molecule is CCNC(=O)c1ccc(N2CCOCC2)nc1. The van der Waals surface area contributed by atoms with E-state index in [9.17, 15) is 4.79 Å². The number of pyridine rings is 1. The topological polar surface area (TPSA) is 54.5 Å². The molecule has 0 unspecified atom stereocenters. The minimum atomic E-state index is -0.0754. The zero-order valence-electron chi connectivity index (χ0n) is 9.98. The summed E-state index contributed by atoms with van der Waals surface area (Å²) in [5.74, 6) is 0.829. The number of amides is 1. The monoisotopic (exact) mass is 235 g/mol. The lowest BCUT2D eigenvalue weighted by Gasteiger charge is -2.27. The van der Waals surface area contributed by atoms with Gasteiger partial charge in [0.05, 0.1) is 18.8 Å². The van der Waals surface area contributed by atoms with Crippen LogP contribution in [0.3, 0.4) is 0 Å². The van der Waals surface area contributed by atoms with Crippen molar-refractivity contribution in [3.05, 3.63) is 23.9 Å². The lowest BCUT2D eigenvalue weighted by atomic mass is 10.2. The van der Waals surface area contributed by atoms with Crippen LogP contribution in [0, 0.1) is 0 Å². The van der Waals surface area contributed by atoms with Crippen LogP contribution in [0.15, 0.2) is 18.3 Å². The van der Waals surface area contributed by atoms with Crippen molar-refractivity contribution in [1.82, 2.24) is 10.3 Å². The molecule has 0 aliphatic carbocycles. The molecule has 0 saturated carbocycles. The maximum Gasteiger partial charge on any atom is 0.252 e. The first-order chi connectivity index (χ1) is 8.31. The van der Waals surface area contributed by atoms with E-state index in [0.29, 0.717) is 12.1 Å². The first-order valence-electron chi connectivity index (χ1n) is 5.88. The van der Waals surface area contributed by atoms with Crippen molar-refractivity contribution in [2.24, 2.45) is 0 Å². The molecule has 2 rings (SSSR count). The number of nitrogens with zero attached hydrogens (tertiary/aromatic N) is 2. The summed E-state index contributed by atoms with van der Waals surface area (Å²) in [6.07, 6.45) is 1.62. The summed E-state index contributed by atoms with van der Waals surface area (Å²) in [6, 6.07) is 3.69. The van der Waals surface area contributed by atoms with Crippen LogP contribution >= 0.6 is 0 Å². The Morgan fingerprint density at radius 3 is 2.82 bits per heavy atom. The maximum absolute atomic E-state index is 11.5. The molecule has 17 heavy (non-hydrogen) atoms. The molecule has 1 amide bonds. The normalized spacial score (nSPS) is 15.7. The average Bonchev–Trinajstić information content (AvgIpc) is 2.40. The van der Waals surface area contributed by atoms with Gasteiger partial charge in [-0.1, -0.05) is 0 Å². The smallest absolute Gasteiger partial charge is 0.252 e. The van der Waals surface area contributed by atoms with Gasteiger partial charge < -0.3 is 15.0 Å². The Morgan fingerprint density at radius 1 is 1.47 bits per heavy atom. The largest absolute Gasteiger partial charge is 0.378 e. The van der Waals surface area contributed by atoms with E-state index in [-0.39, 0.29) is 5.91 Å². The molecule has 1 N–H and O–H groups in total. The molecular formula is C12H17N3O2. The van der Waals surface area contributed by atoms with Crippen LogP contribution in [0.5, 0.6) is 0 Å². The number of aromatic nitrogens is 1. The van der Waals surface area contributed by atoms with Gasteiger partial charge in [0.2, 0.25) is 0 Å². The van der Waals surface area contributed by atoms with Crippen LogP contribution in [0.4, 0.5) is 5.82 Å². The van der Waals surface area contributed by atoms with Gasteiger partial charge in [-0.3, -0.25) is 4.79 Å². The van der Waals surface area contributed by atoms with Crippen molar-refractivity contribution < 1.29 is 9.53 Å². The van der Waals surface area contributed by atoms with Crippen molar-refractivity contribution >= 4 is 11.7 Å². The van der Waals surface area contributed by atoms with Crippen LogP contribution < -0.4 is 10.2 Å². The van der Waals surface area contributed by atoms with Gasteiger partial charge in [0.1, 0.15) is 5.82 Å². The summed E-state index contributed by atoms with van der Waals surface area (Å²) in [5, 5.41) is 2.75. The lowest BCUT2D eigenvalue weighted by Crippen LogP contribution is -2.36. The molecule has 1 aromatic heterocycles. The third kappa shape index (κ3) is 2.94. The molecular weight excluding hydrogens is 218 g/mol. The van der Waals surface area contributed by atoms with E-state index in [4.69, 9.17) is 4.74 Å². The fourth-order valence-electron chi connectivity index (χ4n) is 1.76. The van der Waals surface area contributed by atoms with Gasteiger partial charge in [-0.2, -0.15) is 0 Å². The molecule has 1 aliphatic rings. The predicted molar refractivity (Wildman–Crippen MR) is 65.3 cm³/mol. The summed E-state index contributed by atoms with van der Waals surface area (Å²) < 4.78 is 5.28. The Morgan fingerprint density at radius 2 is 2.24 bits per heavy atom. The number of rotatable bonds is 3. The fraction of sp³-hybridized carbons (Fsp3) is 0.500. The number of ether oxygens (including phenoxy) is 1. The van der Waals surface area contributed by atoms with Gasteiger partial charge >= 0.3 is 0 Å². The second kappa shape index (κ2) is 5.63. The number of carbonyl (C=O) groups excluding carboxylic acids is 1. The second-order valence-corrected chi connectivity index (χ2v) is 3.86. The number of carbonyl (C=O) groups is 1. The molecule has 5 heteroatoms. The number of hydrogen-bond donors (Lipinski definition) is 1. The van der Waals surface area contributed by atoms with Crippen molar-refractivity contribution in [1.29, 1.82) is 0 Å². The van der Waals surface area contributed by atoms with E-state index in [0.717, 1.165) is 32.1 Å². The molecule has 92 valence electrons. The van der Waals surface area contributed by atoms with Gasteiger partial charge in [0, 0.05) is 25.8 Å². The number of hydrogen-bond acceptors (Lipinski definition) is 4. The Hall–Kier alpha value is -1.62. The molecule has 0 aromatic carbocycles. The van der Waals surface area contributed by atoms with E-state index in [1.165, 1.54) is 0 Å². The van der Waals surface area contributed by atoms with Gasteiger partial charge in [-0.15, -0.1) is 0 Å². The standard InChI is InChI=1S/C12H17N3O2/c1-2-13-12(16)10-3-4-11(14-9-10)15-5-7-17-8-6-15/h3-4,9H,2,5-8H2,1H3,(H,13,16). The molecule has 1 aromatic rings. The minimum Gasteiger partial charge on any atom is -0.378 e. The zero-order valence-corrected chi connectivity index (χ0v) is 9.98. The number of morpholine rings is 1. The number of anilines is 1. The molecule has 5 nitrogen and oxygen atoms in total. The highest BCUT2D eigenvalue weighted by Gasteiger charge is 2.12. The summed E-state index contributed by atoms with van der Waals surface area (Å²) in [5.41, 5.74) is 0.601. The molecule has 1 saturated heterocycles. The Kier molecular flexibility index (Phi) is 3.93. The molecule has 1 aliphatic heterocycles. The quantitative estimate of drug-likeness (QED) is 0.836. The second-order valence-electron chi connectivity index (χ2n) is 3.86. The summed E-state index contributed by atoms with van der Waals surface area (Å²) in [4.78, 5) is 18.0. The Balaban J connectivity index is 2.04. The number of nitrogens with one attached hydrogen (secondary N) is 1. The maximum atomic E-state index is 11.5. The fourth-order valence-corrected chi connectivity index (χ4v) is 1.76. The Labute approximate surface area is 101 Å². The van der Waals surface area contributed by atoms with Crippen LogP contribution in [0.2, 0.25) is 0 Å². The van der Waals surface area contributed by atoms with Gasteiger partial charge in [0.25, 0.3) is 5.91 Å². The summed E-state index contributed by atoms with van der Waals surface area (Å²) in [7, 11) is 0. The zero-order chi connectivity index (χ0) is 12.1. The van der Waals surface area contributed by atoms with Crippen LogP contribution in [-0.2, 0) is 4.74 Å². The first kappa shape index (κ1) is 11.9. The van der Waals surface area contributed by atoms with Crippen LogP contribution in [0.1, 0.15) is 17.3 Å². The highest BCUT2D eigenvalue weighted by atomic mass is 16.5. The van der Waals surface area contributed by atoms with E-state index in [1.807, 2.05) is 19.1 Å². The molecule has 2 heterocycles. The molecule has 0 radical (unpaired) electrons. The third-order valence-electron chi connectivity index (χ3n) is 2.68. The highest BCUT2D eigenvalue weighted by Crippen LogP contribution is 2.12. The molecule has 1 fully saturated rings. The molecule has 0 bridgehead atoms.